The van der Waals surface area contributed by atoms with Gasteiger partial charge in [0.25, 0.3) is 0 Å². The highest BCUT2D eigenvalue weighted by Crippen LogP contribution is 2.41. The molecule has 0 atom stereocenters. The maximum Gasteiger partial charge on any atom is 0.212 e. The first-order valence-corrected chi connectivity index (χ1v) is 25.1. The minimum atomic E-state index is 0.106. The number of carbonyl (C=O) groups is 2. The van der Waals surface area contributed by atoms with Crippen LogP contribution in [0, 0.1) is 10.8 Å². The smallest absolute Gasteiger partial charge is 0.212 e. The summed E-state index contributed by atoms with van der Waals surface area (Å²) in [5.74, 6) is 1.60. The Morgan fingerprint density at radius 1 is 0.581 bits per heavy atom. The maximum absolute atomic E-state index is 12.5. The summed E-state index contributed by atoms with van der Waals surface area (Å²) in [6.45, 7) is 28.1. The van der Waals surface area contributed by atoms with Crippen molar-refractivity contribution in [3.63, 3.8) is 0 Å². The minimum absolute atomic E-state index is 0.106. The van der Waals surface area contributed by atoms with Crippen LogP contribution in [-0.4, -0.2) is 98.2 Å². The zero-order valence-corrected chi connectivity index (χ0v) is 42.6. The van der Waals surface area contributed by atoms with Crippen LogP contribution in [0.15, 0.2) is 117 Å². The molecular weight excluding hydrogens is 805 g/mol. The summed E-state index contributed by atoms with van der Waals surface area (Å²) in [5, 5.41) is 0.213. The van der Waals surface area contributed by atoms with Gasteiger partial charge in [-0.2, -0.15) is 0 Å². The standard InChI is InChI=1S/C54H84N2O4S2/c1-43(25-27-49-47(5)23-15-29-53(49,7)8)19-13-21-45(3)41-51(57)61-39-17-31-55(11)33-35-59-37-38-60-36-34-56(12)32-18-40-62-52(58)42-46(4)22-14-20-44(2)26-28-50-48(6)24-16-30-54(50,9)10/h13-14,19-22,25-28,41-42H,15-18,23-24,29-40H2,1-12H3/b21-13+,22-14+,27-25+,28-26+,43-19+,44-20+,45-41+,46-42+. The lowest BCUT2D eigenvalue weighted by Crippen LogP contribution is -2.26. The lowest BCUT2D eigenvalue weighted by atomic mass is 9.72. The predicted molar refractivity (Wildman–Crippen MR) is 273 cm³/mol. The fourth-order valence-corrected chi connectivity index (χ4v) is 9.30. The molecule has 0 amide bonds. The number of ether oxygens (including phenoxy) is 2. The zero-order chi connectivity index (χ0) is 46.0. The molecule has 0 aliphatic heterocycles. The normalized spacial score (nSPS) is 18.4. The van der Waals surface area contributed by atoms with Crippen LogP contribution in [-0.2, 0) is 19.1 Å². The molecule has 0 aromatic carbocycles. The van der Waals surface area contributed by atoms with E-state index in [0.717, 1.165) is 61.7 Å². The first-order chi connectivity index (χ1) is 29.4. The highest BCUT2D eigenvalue weighted by atomic mass is 32.2. The Hall–Kier alpha value is -2.72. The molecular formula is C54H84N2O4S2. The molecule has 0 N–H and O–H groups in total. The number of allylic oxidation sites excluding steroid dienone is 18. The summed E-state index contributed by atoms with van der Waals surface area (Å²) in [7, 11) is 4.19. The van der Waals surface area contributed by atoms with E-state index in [9.17, 15) is 9.59 Å². The van der Waals surface area contributed by atoms with Gasteiger partial charge < -0.3 is 19.3 Å². The average molecular weight is 889 g/mol. The van der Waals surface area contributed by atoms with Crippen molar-refractivity contribution in [3.05, 3.63) is 117 Å². The van der Waals surface area contributed by atoms with E-state index in [1.807, 2.05) is 38.2 Å². The number of carbonyl (C=O) groups excluding carboxylic acids is 2. The summed E-state index contributed by atoms with van der Waals surface area (Å²) >= 11 is 2.77. The average Bonchev–Trinajstić information content (AvgIpc) is 3.18. The van der Waals surface area contributed by atoms with Crippen molar-refractivity contribution in [2.45, 2.75) is 121 Å². The van der Waals surface area contributed by atoms with Gasteiger partial charge in [-0.1, -0.05) is 134 Å². The molecule has 8 heteroatoms. The molecule has 0 aromatic heterocycles. The maximum atomic E-state index is 12.5. The Kier molecular flexibility index (Phi) is 27.2. The van der Waals surface area contributed by atoms with Crippen LogP contribution >= 0.6 is 23.5 Å². The SMILES string of the molecule is CC1=C(/C=C/C(C)=C/C=C/C(C)=C/C(=O)SCCCN(C)CCOCCOCCN(C)CCCSC(=O)/C=C(C)/C=C/C=C(C)/C=C/C2=C(C)CCCC2(C)C)C(C)(C)CCC1. The van der Waals surface area contributed by atoms with Crippen LogP contribution < -0.4 is 0 Å². The van der Waals surface area contributed by atoms with E-state index in [1.54, 1.807) is 12.2 Å². The molecule has 0 bridgehead atoms. The first-order valence-electron chi connectivity index (χ1n) is 23.1. The Bertz CT molecular complexity index is 1610. The van der Waals surface area contributed by atoms with E-state index in [1.165, 1.54) is 95.5 Å². The van der Waals surface area contributed by atoms with Gasteiger partial charge in [0.1, 0.15) is 0 Å². The summed E-state index contributed by atoms with van der Waals surface area (Å²) in [5.41, 5.74) is 10.8. The highest BCUT2D eigenvalue weighted by molar-refractivity contribution is 8.14. The summed E-state index contributed by atoms with van der Waals surface area (Å²) in [6, 6.07) is 0. The number of nitrogens with zero attached hydrogens (tertiary/aromatic N) is 2. The molecule has 62 heavy (non-hydrogen) atoms. The largest absolute Gasteiger partial charge is 0.378 e. The lowest BCUT2D eigenvalue weighted by Gasteiger charge is -2.33. The molecule has 0 radical (unpaired) electrons. The van der Waals surface area contributed by atoms with Gasteiger partial charge in [0, 0.05) is 24.6 Å². The van der Waals surface area contributed by atoms with Gasteiger partial charge in [0.15, 0.2) is 0 Å². The molecule has 2 aliphatic carbocycles. The molecule has 0 spiro atoms. The van der Waals surface area contributed by atoms with Gasteiger partial charge in [0.05, 0.1) is 26.4 Å². The lowest BCUT2D eigenvalue weighted by molar-refractivity contribution is -0.107. The van der Waals surface area contributed by atoms with Gasteiger partial charge in [-0.25, -0.2) is 0 Å². The summed E-state index contributed by atoms with van der Waals surface area (Å²) in [4.78, 5) is 29.5. The molecule has 0 fully saturated rings. The van der Waals surface area contributed by atoms with Gasteiger partial charge in [0.2, 0.25) is 10.2 Å². The van der Waals surface area contributed by atoms with Crippen LogP contribution in [0.1, 0.15) is 121 Å². The summed E-state index contributed by atoms with van der Waals surface area (Å²) in [6.07, 6.45) is 34.1. The molecule has 346 valence electrons. The monoisotopic (exact) mass is 889 g/mol. The van der Waals surface area contributed by atoms with E-state index in [4.69, 9.17) is 9.47 Å². The van der Waals surface area contributed by atoms with Crippen molar-refractivity contribution in [1.29, 1.82) is 0 Å². The number of hydrogen-bond donors (Lipinski definition) is 0. The number of thioether (sulfide) groups is 2. The Balaban J connectivity index is 1.48. The second kappa shape index (κ2) is 30.4. The molecule has 0 heterocycles. The van der Waals surface area contributed by atoms with E-state index in [-0.39, 0.29) is 21.1 Å². The van der Waals surface area contributed by atoms with Crippen LogP contribution in [0.2, 0.25) is 0 Å². The third-order valence-electron chi connectivity index (χ3n) is 11.7. The van der Waals surface area contributed by atoms with Crippen molar-refractivity contribution in [1.82, 2.24) is 9.80 Å². The van der Waals surface area contributed by atoms with Gasteiger partial charge >= 0.3 is 0 Å². The van der Waals surface area contributed by atoms with Crippen LogP contribution in [0.3, 0.4) is 0 Å². The van der Waals surface area contributed by atoms with Crippen molar-refractivity contribution < 1.29 is 19.1 Å². The van der Waals surface area contributed by atoms with Crippen molar-refractivity contribution in [2.75, 3.05) is 78.2 Å². The topological polar surface area (TPSA) is 59.1 Å². The van der Waals surface area contributed by atoms with Crippen LogP contribution in [0.4, 0.5) is 0 Å². The number of likely N-dealkylation sites (N-methyl/N-ethyl adjacent to an activating group) is 2. The van der Waals surface area contributed by atoms with E-state index < -0.39 is 0 Å². The Morgan fingerprint density at radius 3 is 1.34 bits per heavy atom. The molecule has 0 unspecified atom stereocenters. The Labute approximate surface area is 387 Å². The third-order valence-corrected chi connectivity index (χ3v) is 13.5. The molecule has 6 nitrogen and oxygen atoms in total. The molecule has 0 aromatic rings. The zero-order valence-electron chi connectivity index (χ0n) is 41.0. The minimum Gasteiger partial charge on any atom is -0.378 e. The van der Waals surface area contributed by atoms with Crippen molar-refractivity contribution in [3.8, 4) is 0 Å². The first kappa shape index (κ1) is 55.4. The van der Waals surface area contributed by atoms with Crippen molar-refractivity contribution >= 4 is 33.8 Å². The molecule has 2 rings (SSSR count). The van der Waals surface area contributed by atoms with E-state index >= 15 is 0 Å². The predicted octanol–water partition coefficient (Wildman–Crippen LogP) is 13.2. The molecule has 0 saturated carbocycles. The van der Waals surface area contributed by atoms with E-state index in [2.05, 4.69) is 116 Å². The number of hydrogen-bond acceptors (Lipinski definition) is 8. The molecule has 0 saturated heterocycles. The van der Waals surface area contributed by atoms with Crippen LogP contribution in [0.25, 0.3) is 0 Å². The van der Waals surface area contributed by atoms with Gasteiger partial charge in [-0.3, -0.25) is 9.59 Å². The quantitative estimate of drug-likeness (QED) is 0.0459. The summed E-state index contributed by atoms with van der Waals surface area (Å²) < 4.78 is 11.6. The van der Waals surface area contributed by atoms with Crippen LogP contribution in [0.5, 0.6) is 0 Å². The number of rotatable bonds is 27. The fraction of sp³-hybridized carbons (Fsp3) is 0.593. The van der Waals surface area contributed by atoms with Gasteiger partial charge in [-0.05, 0) is 165 Å². The second-order valence-electron chi connectivity index (χ2n) is 18.7. The van der Waals surface area contributed by atoms with Crippen molar-refractivity contribution in [2.24, 2.45) is 10.8 Å². The fourth-order valence-electron chi connectivity index (χ4n) is 7.82. The highest BCUT2D eigenvalue weighted by Gasteiger charge is 2.27. The second-order valence-corrected chi connectivity index (χ2v) is 20.9. The third kappa shape index (κ3) is 24.4. The van der Waals surface area contributed by atoms with Gasteiger partial charge in [-0.15, -0.1) is 0 Å². The Morgan fingerprint density at radius 2 is 0.968 bits per heavy atom. The van der Waals surface area contributed by atoms with E-state index in [0.29, 0.717) is 26.4 Å². The molecule has 2 aliphatic rings.